The van der Waals surface area contributed by atoms with Gasteiger partial charge in [0.15, 0.2) is 0 Å². The molecule has 0 N–H and O–H groups in total. The van der Waals surface area contributed by atoms with Crippen LogP contribution in [0.1, 0.15) is 5.56 Å². The summed E-state index contributed by atoms with van der Waals surface area (Å²) in [5, 5.41) is 0.782. The van der Waals surface area contributed by atoms with Crippen LogP contribution in [0.2, 0.25) is 5.02 Å². The van der Waals surface area contributed by atoms with Gasteiger partial charge >= 0.3 is 0 Å². The standard InChI is InChI=1S/C15H16ClNS.ClH/c1-17(2)11-12-5-3-7-14(9-12)18-15-8-4-6-13(16)10-15;/h3-10H,11H2,1-2H3;1H. The van der Waals surface area contributed by atoms with Gasteiger partial charge in [-0.25, -0.2) is 0 Å². The lowest BCUT2D eigenvalue weighted by Gasteiger charge is -2.10. The van der Waals surface area contributed by atoms with Crippen molar-refractivity contribution >= 4 is 35.8 Å². The Hall–Kier alpha value is -0.670. The Bertz CT molecular complexity index is 529. The molecule has 2 aromatic rings. The molecule has 2 aromatic carbocycles. The average Bonchev–Trinajstić information content (AvgIpc) is 2.28. The lowest BCUT2D eigenvalue weighted by atomic mass is 10.2. The van der Waals surface area contributed by atoms with Gasteiger partial charge in [-0.2, -0.15) is 0 Å². The summed E-state index contributed by atoms with van der Waals surface area (Å²) in [5.74, 6) is 0. The largest absolute Gasteiger partial charge is 0.305 e. The van der Waals surface area contributed by atoms with Gasteiger partial charge in [0.1, 0.15) is 0 Å². The molecule has 0 amide bonds. The molecular weight excluding hydrogens is 297 g/mol. The van der Waals surface area contributed by atoms with E-state index in [0.29, 0.717) is 0 Å². The summed E-state index contributed by atoms with van der Waals surface area (Å²) in [6.45, 7) is 0.962. The fraction of sp³-hybridized carbons (Fsp3) is 0.200. The summed E-state index contributed by atoms with van der Waals surface area (Å²) >= 11 is 7.73. The van der Waals surface area contributed by atoms with Crippen molar-refractivity contribution in [3.8, 4) is 0 Å². The van der Waals surface area contributed by atoms with Gasteiger partial charge in [0.05, 0.1) is 0 Å². The van der Waals surface area contributed by atoms with Gasteiger partial charge in [0, 0.05) is 21.4 Å². The Kier molecular flexibility index (Phi) is 6.73. The third-order valence-corrected chi connectivity index (χ3v) is 3.64. The van der Waals surface area contributed by atoms with Crippen molar-refractivity contribution in [2.75, 3.05) is 14.1 Å². The fourth-order valence-electron chi connectivity index (χ4n) is 1.74. The molecule has 4 heteroatoms. The van der Waals surface area contributed by atoms with E-state index in [0.717, 1.165) is 11.6 Å². The summed E-state index contributed by atoms with van der Waals surface area (Å²) in [6, 6.07) is 16.6. The van der Waals surface area contributed by atoms with Crippen molar-refractivity contribution in [2.45, 2.75) is 16.3 Å². The molecule has 0 spiro atoms. The molecule has 0 aliphatic heterocycles. The lowest BCUT2D eigenvalue weighted by molar-refractivity contribution is 0.402. The van der Waals surface area contributed by atoms with Crippen molar-refractivity contribution in [2.24, 2.45) is 0 Å². The van der Waals surface area contributed by atoms with E-state index >= 15 is 0 Å². The first-order valence-corrected chi connectivity index (χ1v) is 7.00. The fourth-order valence-corrected chi connectivity index (χ4v) is 2.96. The van der Waals surface area contributed by atoms with Crippen LogP contribution < -0.4 is 0 Å². The van der Waals surface area contributed by atoms with Crippen molar-refractivity contribution in [1.82, 2.24) is 4.90 Å². The second-order valence-electron chi connectivity index (χ2n) is 4.44. The monoisotopic (exact) mass is 313 g/mol. The van der Waals surface area contributed by atoms with E-state index in [2.05, 4.69) is 49.3 Å². The molecule has 2 rings (SSSR count). The number of hydrogen-bond acceptors (Lipinski definition) is 2. The van der Waals surface area contributed by atoms with Crippen LogP contribution in [0, 0.1) is 0 Å². The van der Waals surface area contributed by atoms with Crippen LogP contribution in [0.4, 0.5) is 0 Å². The number of hydrogen-bond donors (Lipinski definition) is 0. The summed E-state index contributed by atoms with van der Waals surface area (Å²) < 4.78 is 0. The first-order valence-electron chi connectivity index (χ1n) is 5.80. The van der Waals surface area contributed by atoms with E-state index in [4.69, 9.17) is 11.6 Å². The van der Waals surface area contributed by atoms with Crippen LogP contribution in [0.15, 0.2) is 58.3 Å². The molecule has 0 heterocycles. The highest BCUT2D eigenvalue weighted by Gasteiger charge is 2.01. The number of benzene rings is 2. The topological polar surface area (TPSA) is 3.24 Å². The number of halogens is 2. The predicted octanol–water partition coefficient (Wildman–Crippen LogP) is 4.97. The predicted molar refractivity (Wildman–Crippen MR) is 86.7 cm³/mol. The minimum Gasteiger partial charge on any atom is -0.305 e. The van der Waals surface area contributed by atoms with Crippen LogP contribution in [0.3, 0.4) is 0 Å². The first kappa shape index (κ1) is 16.4. The molecule has 0 unspecified atom stereocenters. The van der Waals surface area contributed by atoms with Crippen LogP contribution in [-0.4, -0.2) is 19.0 Å². The number of rotatable bonds is 4. The van der Waals surface area contributed by atoms with Crippen molar-refractivity contribution in [3.63, 3.8) is 0 Å². The molecule has 102 valence electrons. The van der Waals surface area contributed by atoms with Crippen molar-refractivity contribution < 1.29 is 0 Å². The van der Waals surface area contributed by atoms with Gasteiger partial charge in [-0.05, 0) is 50.0 Å². The van der Waals surface area contributed by atoms with Crippen molar-refractivity contribution in [3.05, 3.63) is 59.1 Å². The highest BCUT2D eigenvalue weighted by atomic mass is 35.5. The maximum Gasteiger partial charge on any atom is 0.0417 e. The molecule has 0 saturated carbocycles. The SMILES string of the molecule is CN(C)Cc1cccc(Sc2cccc(Cl)c2)c1.Cl. The van der Waals surface area contributed by atoms with Gasteiger partial charge in [-0.15, -0.1) is 12.4 Å². The van der Waals surface area contributed by atoms with Crippen LogP contribution in [0.5, 0.6) is 0 Å². The van der Waals surface area contributed by atoms with E-state index < -0.39 is 0 Å². The lowest BCUT2D eigenvalue weighted by Crippen LogP contribution is -2.10. The third-order valence-electron chi connectivity index (χ3n) is 2.43. The maximum absolute atomic E-state index is 5.99. The molecule has 0 bridgehead atoms. The molecule has 0 fully saturated rings. The number of nitrogens with zero attached hydrogens (tertiary/aromatic N) is 1. The normalized spacial score (nSPS) is 10.3. The summed E-state index contributed by atoms with van der Waals surface area (Å²) in [7, 11) is 4.16. The highest BCUT2D eigenvalue weighted by molar-refractivity contribution is 7.99. The van der Waals surface area contributed by atoms with E-state index in [1.807, 2.05) is 18.2 Å². The minimum absolute atomic E-state index is 0. The summed E-state index contributed by atoms with van der Waals surface area (Å²) in [5.41, 5.74) is 1.33. The highest BCUT2D eigenvalue weighted by Crippen LogP contribution is 2.29. The smallest absolute Gasteiger partial charge is 0.0417 e. The first-order chi connectivity index (χ1) is 8.63. The van der Waals surface area contributed by atoms with E-state index in [-0.39, 0.29) is 12.4 Å². The zero-order valence-electron chi connectivity index (χ0n) is 11.0. The van der Waals surface area contributed by atoms with E-state index in [1.54, 1.807) is 11.8 Å². The second-order valence-corrected chi connectivity index (χ2v) is 6.03. The zero-order chi connectivity index (χ0) is 13.0. The zero-order valence-corrected chi connectivity index (χ0v) is 13.4. The summed E-state index contributed by atoms with van der Waals surface area (Å²) in [4.78, 5) is 4.59. The third kappa shape index (κ3) is 5.45. The van der Waals surface area contributed by atoms with Crippen LogP contribution >= 0.6 is 35.8 Å². The molecule has 0 saturated heterocycles. The molecule has 0 aliphatic rings. The Morgan fingerprint density at radius 1 is 1.00 bits per heavy atom. The Morgan fingerprint density at radius 2 is 1.63 bits per heavy atom. The van der Waals surface area contributed by atoms with Crippen LogP contribution in [0.25, 0.3) is 0 Å². The molecular formula is C15H17Cl2NS. The average molecular weight is 314 g/mol. The minimum atomic E-state index is 0. The van der Waals surface area contributed by atoms with Crippen molar-refractivity contribution in [1.29, 1.82) is 0 Å². The molecule has 0 aliphatic carbocycles. The van der Waals surface area contributed by atoms with Gasteiger partial charge in [-0.1, -0.05) is 41.6 Å². The Labute approximate surface area is 130 Å². The maximum atomic E-state index is 5.99. The van der Waals surface area contributed by atoms with E-state index in [9.17, 15) is 0 Å². The summed E-state index contributed by atoms with van der Waals surface area (Å²) in [6.07, 6.45) is 0. The molecule has 0 atom stereocenters. The quantitative estimate of drug-likeness (QED) is 0.783. The Balaban J connectivity index is 0.00000180. The second kappa shape index (κ2) is 7.81. The molecule has 0 aromatic heterocycles. The molecule has 1 nitrogen and oxygen atoms in total. The molecule has 19 heavy (non-hydrogen) atoms. The van der Waals surface area contributed by atoms with E-state index in [1.165, 1.54) is 15.4 Å². The van der Waals surface area contributed by atoms with Gasteiger partial charge in [0.25, 0.3) is 0 Å². The van der Waals surface area contributed by atoms with Gasteiger partial charge in [-0.3, -0.25) is 0 Å². The molecule has 0 radical (unpaired) electrons. The van der Waals surface area contributed by atoms with Crippen LogP contribution in [-0.2, 0) is 6.54 Å². The Morgan fingerprint density at radius 3 is 2.26 bits per heavy atom. The van der Waals surface area contributed by atoms with Gasteiger partial charge in [0.2, 0.25) is 0 Å². The van der Waals surface area contributed by atoms with Gasteiger partial charge < -0.3 is 4.90 Å².